The Morgan fingerprint density at radius 2 is 2.38 bits per heavy atom. The van der Waals surface area contributed by atoms with E-state index in [1.54, 1.807) is 25.7 Å². The number of nitrogens with zero attached hydrogens (tertiary/aromatic N) is 4. The van der Waals surface area contributed by atoms with Gasteiger partial charge in [-0.25, -0.2) is 4.98 Å². The third-order valence-electron chi connectivity index (χ3n) is 3.41. The number of allylic oxidation sites excluding steroid dienone is 1. The second-order valence-corrected chi connectivity index (χ2v) is 4.75. The molecular weight excluding hydrogens is 266 g/mol. The van der Waals surface area contributed by atoms with E-state index in [9.17, 15) is 0 Å². The second kappa shape index (κ2) is 5.78. The van der Waals surface area contributed by atoms with Gasteiger partial charge in [0.05, 0.1) is 12.2 Å². The first-order chi connectivity index (χ1) is 10.3. The minimum Gasteiger partial charge on any atom is -0.439 e. The molecule has 21 heavy (non-hydrogen) atoms. The number of nitrogens with two attached hydrogens (primary N) is 1. The van der Waals surface area contributed by atoms with E-state index in [0.29, 0.717) is 12.4 Å². The molecule has 0 atom stereocenters. The molecule has 0 aromatic carbocycles. The first-order valence-electron chi connectivity index (χ1n) is 6.81. The average molecular weight is 283 g/mol. The van der Waals surface area contributed by atoms with E-state index in [1.807, 2.05) is 18.2 Å². The second-order valence-electron chi connectivity index (χ2n) is 4.75. The quantitative estimate of drug-likeness (QED) is 0.865. The minimum absolute atomic E-state index is 0.574. The summed E-state index contributed by atoms with van der Waals surface area (Å²) in [5.41, 5.74) is 8.24. The lowest BCUT2D eigenvalue weighted by Crippen LogP contribution is -2.30. The predicted molar refractivity (Wildman–Crippen MR) is 80.5 cm³/mol. The van der Waals surface area contributed by atoms with Gasteiger partial charge >= 0.3 is 0 Å². The zero-order valence-corrected chi connectivity index (χ0v) is 11.9. The number of hydrogen-bond donors (Lipinski definition) is 1. The fraction of sp³-hybridized carbons (Fsp3) is 0.267. The molecule has 0 saturated heterocycles. The molecule has 1 aliphatic rings. The molecule has 0 radical (unpaired) electrons. The van der Waals surface area contributed by atoms with E-state index in [4.69, 9.17) is 10.2 Å². The normalized spacial score (nSPS) is 15.5. The molecule has 3 rings (SSSR count). The van der Waals surface area contributed by atoms with Crippen LogP contribution in [-0.4, -0.2) is 34.7 Å². The smallest absolute Gasteiger partial charge is 0.245 e. The SMILES string of the molecule is CN=CC(=CN)N1CCc2oc(-c3ccccn3)nc2C1. The molecule has 0 saturated carbocycles. The summed E-state index contributed by atoms with van der Waals surface area (Å²) in [4.78, 5) is 15.0. The highest BCUT2D eigenvalue weighted by Gasteiger charge is 2.23. The first-order valence-corrected chi connectivity index (χ1v) is 6.81. The number of aliphatic imine (C=N–C) groups is 1. The van der Waals surface area contributed by atoms with E-state index in [1.165, 1.54) is 0 Å². The van der Waals surface area contributed by atoms with Crippen LogP contribution in [0.15, 0.2) is 45.7 Å². The zero-order chi connectivity index (χ0) is 14.7. The lowest BCUT2D eigenvalue weighted by molar-refractivity contribution is 0.314. The summed E-state index contributed by atoms with van der Waals surface area (Å²) in [7, 11) is 1.73. The van der Waals surface area contributed by atoms with Gasteiger partial charge < -0.3 is 15.1 Å². The molecule has 0 unspecified atom stereocenters. The van der Waals surface area contributed by atoms with Gasteiger partial charge in [0.25, 0.3) is 0 Å². The van der Waals surface area contributed by atoms with Gasteiger partial charge in [0.2, 0.25) is 5.89 Å². The Balaban J connectivity index is 1.86. The van der Waals surface area contributed by atoms with Crippen molar-refractivity contribution >= 4 is 6.21 Å². The maximum atomic E-state index is 5.83. The van der Waals surface area contributed by atoms with Gasteiger partial charge in [-0.2, -0.15) is 0 Å². The molecule has 0 aliphatic carbocycles. The maximum Gasteiger partial charge on any atom is 0.245 e. The summed E-state index contributed by atoms with van der Waals surface area (Å²) in [6.45, 7) is 1.50. The molecular formula is C15H17N5O. The monoisotopic (exact) mass is 283 g/mol. The van der Waals surface area contributed by atoms with Gasteiger partial charge in [-0.15, -0.1) is 0 Å². The molecule has 2 aromatic rings. The van der Waals surface area contributed by atoms with E-state index in [0.717, 1.165) is 35.8 Å². The van der Waals surface area contributed by atoms with Gasteiger partial charge in [0, 0.05) is 38.6 Å². The number of fused-ring (bicyclic) bond motifs is 1. The van der Waals surface area contributed by atoms with Crippen LogP contribution in [0.25, 0.3) is 11.6 Å². The minimum atomic E-state index is 0.574. The van der Waals surface area contributed by atoms with Crippen molar-refractivity contribution in [1.82, 2.24) is 14.9 Å². The van der Waals surface area contributed by atoms with Crippen molar-refractivity contribution in [3.8, 4) is 11.6 Å². The Morgan fingerprint density at radius 3 is 3.10 bits per heavy atom. The maximum absolute atomic E-state index is 5.83. The van der Waals surface area contributed by atoms with Gasteiger partial charge in [0.15, 0.2) is 0 Å². The fourth-order valence-corrected chi connectivity index (χ4v) is 2.38. The summed E-state index contributed by atoms with van der Waals surface area (Å²) in [6.07, 6.45) is 5.85. The standard InChI is InChI=1S/C15H17N5O/c1-17-9-11(8-16)20-7-5-14-13(10-20)19-15(21-14)12-4-2-3-6-18-12/h2-4,6,8-9H,5,7,10,16H2,1H3. The number of rotatable bonds is 3. The van der Waals surface area contributed by atoms with Crippen LogP contribution >= 0.6 is 0 Å². The van der Waals surface area contributed by atoms with Crippen LogP contribution in [-0.2, 0) is 13.0 Å². The van der Waals surface area contributed by atoms with Crippen LogP contribution in [0.4, 0.5) is 0 Å². The summed E-state index contributed by atoms with van der Waals surface area (Å²) in [5.74, 6) is 1.50. The molecule has 1 aliphatic heterocycles. The Hall–Kier alpha value is -2.63. The van der Waals surface area contributed by atoms with E-state index < -0.39 is 0 Å². The molecule has 3 heterocycles. The van der Waals surface area contributed by atoms with Crippen LogP contribution in [0.3, 0.4) is 0 Å². The number of pyridine rings is 1. The van der Waals surface area contributed by atoms with Crippen molar-refractivity contribution in [3.05, 3.63) is 47.7 Å². The first kappa shape index (κ1) is 13.4. The molecule has 0 bridgehead atoms. The van der Waals surface area contributed by atoms with Crippen molar-refractivity contribution in [3.63, 3.8) is 0 Å². The fourth-order valence-electron chi connectivity index (χ4n) is 2.38. The van der Waals surface area contributed by atoms with Gasteiger partial charge in [-0.3, -0.25) is 9.98 Å². The topological polar surface area (TPSA) is 80.5 Å². The number of oxazole rings is 1. The predicted octanol–water partition coefficient (Wildman–Crippen LogP) is 1.60. The zero-order valence-electron chi connectivity index (χ0n) is 11.9. The largest absolute Gasteiger partial charge is 0.439 e. The lowest BCUT2D eigenvalue weighted by atomic mass is 10.1. The summed E-state index contributed by atoms with van der Waals surface area (Å²) < 4.78 is 5.83. The molecule has 0 spiro atoms. The van der Waals surface area contributed by atoms with E-state index in [2.05, 4.69) is 19.9 Å². The molecule has 6 heteroatoms. The van der Waals surface area contributed by atoms with Crippen LogP contribution in [0.5, 0.6) is 0 Å². The van der Waals surface area contributed by atoms with Crippen molar-refractivity contribution in [2.24, 2.45) is 10.7 Å². The lowest BCUT2D eigenvalue weighted by Gasteiger charge is -2.27. The summed E-state index contributed by atoms with van der Waals surface area (Å²) in [5, 5.41) is 0. The van der Waals surface area contributed by atoms with Crippen molar-refractivity contribution in [2.45, 2.75) is 13.0 Å². The van der Waals surface area contributed by atoms with Crippen molar-refractivity contribution in [1.29, 1.82) is 0 Å². The van der Waals surface area contributed by atoms with Crippen LogP contribution in [0, 0.1) is 0 Å². The molecule has 108 valence electrons. The molecule has 2 aromatic heterocycles. The highest BCUT2D eigenvalue weighted by Crippen LogP contribution is 2.26. The Bertz CT molecular complexity index is 675. The average Bonchev–Trinajstić information content (AvgIpc) is 2.96. The highest BCUT2D eigenvalue weighted by molar-refractivity contribution is 5.77. The molecule has 2 N–H and O–H groups in total. The molecule has 6 nitrogen and oxygen atoms in total. The van der Waals surface area contributed by atoms with Crippen molar-refractivity contribution < 1.29 is 4.42 Å². The van der Waals surface area contributed by atoms with Crippen LogP contribution in [0.1, 0.15) is 11.5 Å². The van der Waals surface area contributed by atoms with Crippen LogP contribution in [0.2, 0.25) is 0 Å². The third-order valence-corrected chi connectivity index (χ3v) is 3.41. The highest BCUT2D eigenvalue weighted by atomic mass is 16.4. The van der Waals surface area contributed by atoms with Gasteiger partial charge in [-0.05, 0) is 12.1 Å². The van der Waals surface area contributed by atoms with E-state index in [-0.39, 0.29) is 0 Å². The summed E-state index contributed by atoms with van der Waals surface area (Å²) >= 11 is 0. The van der Waals surface area contributed by atoms with Gasteiger partial charge in [-0.1, -0.05) is 6.07 Å². The third kappa shape index (κ3) is 2.65. The van der Waals surface area contributed by atoms with Crippen molar-refractivity contribution in [2.75, 3.05) is 13.6 Å². The Morgan fingerprint density at radius 1 is 1.48 bits per heavy atom. The van der Waals surface area contributed by atoms with Gasteiger partial charge in [0.1, 0.15) is 17.1 Å². The molecule has 0 fully saturated rings. The Kier molecular flexibility index (Phi) is 3.68. The Labute approximate surface area is 123 Å². The van der Waals surface area contributed by atoms with Crippen LogP contribution < -0.4 is 5.73 Å². The number of aromatic nitrogens is 2. The van der Waals surface area contributed by atoms with E-state index >= 15 is 0 Å². The molecule has 0 amide bonds. The number of hydrogen-bond acceptors (Lipinski definition) is 6. The summed E-state index contributed by atoms with van der Waals surface area (Å²) in [6, 6.07) is 5.69.